The molecular formula is C21H18N2O5S. The number of rotatable bonds is 5. The number of fused-ring (bicyclic) bond motifs is 1. The first kappa shape index (κ1) is 19.1. The highest BCUT2D eigenvalue weighted by Gasteiger charge is 2.35. The molecule has 7 nitrogen and oxygen atoms in total. The van der Waals surface area contributed by atoms with E-state index in [0.717, 1.165) is 16.9 Å². The minimum absolute atomic E-state index is 0.0335. The van der Waals surface area contributed by atoms with Crippen LogP contribution in [0, 0.1) is 10.1 Å². The zero-order valence-electron chi connectivity index (χ0n) is 15.3. The second-order valence-corrected chi connectivity index (χ2v) is 8.43. The van der Waals surface area contributed by atoms with Gasteiger partial charge in [-0.1, -0.05) is 48.5 Å². The van der Waals surface area contributed by atoms with Gasteiger partial charge >= 0.3 is 0 Å². The third kappa shape index (κ3) is 3.85. The second kappa shape index (κ2) is 7.65. The van der Waals surface area contributed by atoms with Crippen LogP contribution in [0.15, 0.2) is 83.8 Å². The van der Waals surface area contributed by atoms with E-state index >= 15 is 0 Å². The molecule has 3 aromatic carbocycles. The van der Waals surface area contributed by atoms with Gasteiger partial charge in [-0.25, -0.2) is 13.1 Å². The molecule has 0 aromatic heterocycles. The maximum absolute atomic E-state index is 12.9. The summed E-state index contributed by atoms with van der Waals surface area (Å²) in [5.74, 6) is 0.501. The molecule has 1 aliphatic rings. The Balaban J connectivity index is 1.69. The lowest BCUT2D eigenvalue weighted by atomic mass is 9.84. The molecule has 0 bridgehead atoms. The van der Waals surface area contributed by atoms with Crippen LogP contribution in [-0.4, -0.2) is 26.0 Å². The molecule has 2 atom stereocenters. The summed E-state index contributed by atoms with van der Waals surface area (Å²) >= 11 is 0. The van der Waals surface area contributed by atoms with Crippen molar-refractivity contribution < 1.29 is 18.1 Å². The van der Waals surface area contributed by atoms with E-state index in [1.807, 2.05) is 54.6 Å². The number of nitro groups is 1. The number of sulfonamides is 1. The maximum atomic E-state index is 12.9. The van der Waals surface area contributed by atoms with Crippen LogP contribution in [0.2, 0.25) is 0 Å². The number of para-hydroxylation sites is 1. The number of nitro benzene ring substituents is 1. The Morgan fingerprint density at radius 1 is 0.931 bits per heavy atom. The zero-order valence-corrected chi connectivity index (χ0v) is 16.1. The predicted octanol–water partition coefficient (Wildman–Crippen LogP) is 3.47. The minimum Gasteiger partial charge on any atom is -0.492 e. The largest absolute Gasteiger partial charge is 0.492 e. The van der Waals surface area contributed by atoms with Crippen molar-refractivity contribution in [2.75, 3.05) is 6.61 Å². The molecular weight excluding hydrogens is 392 g/mol. The predicted molar refractivity (Wildman–Crippen MR) is 107 cm³/mol. The highest BCUT2D eigenvalue weighted by molar-refractivity contribution is 7.89. The monoisotopic (exact) mass is 410 g/mol. The summed E-state index contributed by atoms with van der Waals surface area (Å²) in [7, 11) is -3.90. The molecule has 1 aliphatic heterocycles. The molecule has 0 aliphatic carbocycles. The second-order valence-electron chi connectivity index (χ2n) is 6.72. The Morgan fingerprint density at radius 2 is 1.59 bits per heavy atom. The summed E-state index contributed by atoms with van der Waals surface area (Å²) in [5, 5.41) is 10.8. The van der Waals surface area contributed by atoms with E-state index < -0.39 is 21.0 Å². The smallest absolute Gasteiger partial charge is 0.269 e. The van der Waals surface area contributed by atoms with E-state index in [-0.39, 0.29) is 23.1 Å². The number of nitrogens with one attached hydrogen (secondary N) is 1. The summed E-state index contributed by atoms with van der Waals surface area (Å²) in [6, 6.07) is 21.5. The molecule has 1 N–H and O–H groups in total. The Labute approximate surface area is 168 Å². The van der Waals surface area contributed by atoms with Gasteiger partial charge in [0.05, 0.1) is 15.9 Å². The van der Waals surface area contributed by atoms with Gasteiger partial charge in [0.15, 0.2) is 0 Å². The van der Waals surface area contributed by atoms with E-state index in [9.17, 15) is 18.5 Å². The molecule has 1 heterocycles. The van der Waals surface area contributed by atoms with Crippen LogP contribution >= 0.6 is 0 Å². The highest BCUT2D eigenvalue weighted by Crippen LogP contribution is 2.38. The normalized spacial score (nSPS) is 18.5. The molecule has 0 fully saturated rings. The highest BCUT2D eigenvalue weighted by atomic mass is 32.2. The lowest BCUT2D eigenvalue weighted by Crippen LogP contribution is -2.45. The van der Waals surface area contributed by atoms with E-state index in [0.29, 0.717) is 0 Å². The first-order chi connectivity index (χ1) is 14.0. The first-order valence-corrected chi connectivity index (χ1v) is 10.5. The molecule has 4 rings (SSSR count). The number of hydrogen-bond donors (Lipinski definition) is 1. The molecule has 148 valence electrons. The Bertz CT molecular complexity index is 1130. The van der Waals surface area contributed by atoms with Crippen molar-refractivity contribution in [2.45, 2.75) is 16.9 Å². The quantitative estimate of drug-likeness (QED) is 0.513. The van der Waals surface area contributed by atoms with Crippen LogP contribution in [0.4, 0.5) is 5.69 Å². The van der Waals surface area contributed by atoms with Gasteiger partial charge in [-0.2, -0.15) is 0 Å². The fourth-order valence-corrected chi connectivity index (χ4v) is 4.78. The minimum atomic E-state index is -3.90. The van der Waals surface area contributed by atoms with Crippen molar-refractivity contribution in [1.82, 2.24) is 4.72 Å². The van der Waals surface area contributed by atoms with Gasteiger partial charge in [-0.3, -0.25) is 10.1 Å². The van der Waals surface area contributed by atoms with Gasteiger partial charge in [0.1, 0.15) is 12.4 Å². The van der Waals surface area contributed by atoms with Gasteiger partial charge in [0.25, 0.3) is 5.69 Å². The number of non-ortho nitro benzene ring substituents is 1. The van der Waals surface area contributed by atoms with Crippen LogP contribution in [0.25, 0.3) is 0 Å². The topological polar surface area (TPSA) is 98.5 Å². The third-order valence-electron chi connectivity index (χ3n) is 4.90. The molecule has 29 heavy (non-hydrogen) atoms. The van der Waals surface area contributed by atoms with Crippen molar-refractivity contribution in [3.8, 4) is 5.75 Å². The van der Waals surface area contributed by atoms with E-state index in [1.165, 1.54) is 24.3 Å². The van der Waals surface area contributed by atoms with Crippen LogP contribution in [0.5, 0.6) is 5.75 Å². The van der Waals surface area contributed by atoms with Crippen LogP contribution < -0.4 is 9.46 Å². The SMILES string of the molecule is O=[N+]([O-])c1ccc(S(=O)(=O)N[C@@H]2COc3ccccc3[C@H]2c2ccccc2)cc1. The summed E-state index contributed by atoms with van der Waals surface area (Å²) < 4.78 is 34.4. The van der Waals surface area contributed by atoms with Gasteiger partial charge < -0.3 is 4.74 Å². The fraction of sp³-hybridized carbons (Fsp3) is 0.143. The van der Waals surface area contributed by atoms with E-state index in [4.69, 9.17) is 4.74 Å². The maximum Gasteiger partial charge on any atom is 0.269 e. The first-order valence-electron chi connectivity index (χ1n) is 8.99. The molecule has 0 amide bonds. The molecule has 3 aromatic rings. The molecule has 8 heteroatoms. The zero-order chi connectivity index (χ0) is 20.4. The van der Waals surface area contributed by atoms with Crippen molar-refractivity contribution in [1.29, 1.82) is 0 Å². The standard InChI is InChI=1S/C21H18N2O5S/c24-23(25)16-10-12-17(13-11-16)29(26,27)22-19-14-28-20-9-5-4-8-18(20)21(19)15-6-2-1-3-7-15/h1-13,19,21-22H,14H2/t19-,21-/m1/s1. The van der Waals surface area contributed by atoms with Gasteiger partial charge in [0.2, 0.25) is 10.0 Å². The van der Waals surface area contributed by atoms with Crippen LogP contribution in [0.1, 0.15) is 17.0 Å². The third-order valence-corrected chi connectivity index (χ3v) is 6.40. The Kier molecular flexibility index (Phi) is 5.04. The summed E-state index contributed by atoms with van der Waals surface area (Å²) in [6.45, 7) is 0.169. The average molecular weight is 410 g/mol. The van der Waals surface area contributed by atoms with E-state index in [1.54, 1.807) is 0 Å². The molecule has 0 saturated carbocycles. The molecule has 0 spiro atoms. The Hall–Kier alpha value is -3.23. The summed E-state index contributed by atoms with van der Waals surface area (Å²) in [5.41, 5.74) is 1.71. The molecule has 0 unspecified atom stereocenters. The summed E-state index contributed by atoms with van der Waals surface area (Å²) in [6.07, 6.45) is 0. The van der Waals surface area contributed by atoms with Crippen molar-refractivity contribution in [2.24, 2.45) is 0 Å². The fourth-order valence-electron chi connectivity index (χ4n) is 3.55. The molecule has 0 saturated heterocycles. The van der Waals surface area contributed by atoms with Crippen molar-refractivity contribution >= 4 is 15.7 Å². The van der Waals surface area contributed by atoms with Gasteiger partial charge in [0, 0.05) is 23.6 Å². The average Bonchev–Trinajstić information content (AvgIpc) is 2.74. The summed E-state index contributed by atoms with van der Waals surface area (Å²) in [4.78, 5) is 10.2. The lowest BCUT2D eigenvalue weighted by Gasteiger charge is -2.34. The lowest BCUT2D eigenvalue weighted by molar-refractivity contribution is -0.384. The van der Waals surface area contributed by atoms with Crippen molar-refractivity contribution in [3.05, 3.63) is 100 Å². The van der Waals surface area contributed by atoms with Gasteiger partial charge in [-0.15, -0.1) is 0 Å². The number of benzene rings is 3. The number of hydrogen-bond acceptors (Lipinski definition) is 5. The molecule has 0 radical (unpaired) electrons. The van der Waals surface area contributed by atoms with Gasteiger partial charge in [-0.05, 0) is 23.8 Å². The van der Waals surface area contributed by atoms with Crippen LogP contribution in [0.3, 0.4) is 0 Å². The Morgan fingerprint density at radius 3 is 2.28 bits per heavy atom. The number of ether oxygens (including phenoxy) is 1. The van der Waals surface area contributed by atoms with Crippen LogP contribution in [-0.2, 0) is 10.0 Å². The van der Waals surface area contributed by atoms with E-state index in [2.05, 4.69) is 4.72 Å². The van der Waals surface area contributed by atoms with Crippen molar-refractivity contribution in [3.63, 3.8) is 0 Å². The number of nitrogens with zero attached hydrogens (tertiary/aromatic N) is 1.